The fourth-order valence-electron chi connectivity index (χ4n) is 1.08. The fraction of sp³-hybridized carbons (Fsp3) is 0.143. The minimum Gasteiger partial charge on any atom is -0.358 e. The summed E-state index contributed by atoms with van der Waals surface area (Å²) in [5.41, 5.74) is -2.31. The predicted molar refractivity (Wildman–Crippen MR) is 53.6 cm³/mol. The highest BCUT2D eigenvalue weighted by Gasteiger charge is 2.31. The van der Waals surface area contributed by atoms with Crippen LogP contribution in [0.4, 0.5) is 14.6 Å². The molecular weight excluding hydrogens is 296 g/mol. The lowest BCUT2D eigenvalue weighted by molar-refractivity contribution is -0.390. The van der Waals surface area contributed by atoms with Gasteiger partial charge in [-0.2, -0.15) is 5.26 Å². The van der Waals surface area contributed by atoms with E-state index in [4.69, 9.17) is 15.9 Å². The number of nitro groups is 1. The second-order valence-corrected chi connectivity index (χ2v) is 5.38. The van der Waals surface area contributed by atoms with Crippen LogP contribution in [0.2, 0.25) is 0 Å². The highest BCUT2D eigenvalue weighted by molar-refractivity contribution is 8.13. The third-order valence-electron chi connectivity index (χ3n) is 1.77. The average Bonchev–Trinajstić information content (AvgIpc) is 2.25. The Kier molecular flexibility index (Phi) is 3.78. The molecular formula is C7H2ClF2N3O4S. The molecule has 1 heterocycles. The smallest absolute Gasteiger partial charge is 0.358 e. The number of alkyl halides is 2. The molecule has 0 aliphatic carbocycles. The van der Waals surface area contributed by atoms with Crippen LogP contribution >= 0.6 is 10.7 Å². The third-order valence-corrected chi connectivity index (χ3v) is 3.11. The molecule has 0 N–H and O–H groups in total. The number of hydrogen-bond donors (Lipinski definition) is 0. The minimum absolute atomic E-state index is 0.354. The van der Waals surface area contributed by atoms with Crippen LogP contribution in [-0.2, 0) is 9.05 Å². The number of rotatable bonds is 3. The molecule has 11 heteroatoms. The molecule has 0 aliphatic heterocycles. The Labute approximate surface area is 103 Å². The van der Waals surface area contributed by atoms with Gasteiger partial charge in [-0.1, -0.05) is 0 Å². The molecule has 0 spiro atoms. The molecule has 1 aromatic rings. The number of nitrogens with zero attached hydrogens (tertiary/aromatic N) is 3. The van der Waals surface area contributed by atoms with Crippen molar-refractivity contribution < 1.29 is 22.1 Å². The molecule has 0 atom stereocenters. The average molecular weight is 298 g/mol. The van der Waals surface area contributed by atoms with Gasteiger partial charge in [0, 0.05) is 10.7 Å². The molecule has 0 aliphatic rings. The summed E-state index contributed by atoms with van der Waals surface area (Å²) in [5, 5.41) is 19.1. The Hall–Kier alpha value is -1.86. The number of pyridine rings is 1. The van der Waals surface area contributed by atoms with Gasteiger partial charge in [0.1, 0.15) is 16.5 Å². The van der Waals surface area contributed by atoms with Crippen LogP contribution in [0.5, 0.6) is 0 Å². The number of aromatic nitrogens is 1. The summed E-state index contributed by atoms with van der Waals surface area (Å²) in [7, 11) is 0.336. The van der Waals surface area contributed by atoms with E-state index in [0.29, 0.717) is 6.07 Å². The van der Waals surface area contributed by atoms with Gasteiger partial charge in [-0.05, 0) is 9.91 Å². The van der Waals surface area contributed by atoms with E-state index in [9.17, 15) is 27.3 Å². The second kappa shape index (κ2) is 4.79. The summed E-state index contributed by atoms with van der Waals surface area (Å²) in [5.74, 6) is -1.14. The topological polar surface area (TPSA) is 114 Å². The molecule has 0 radical (unpaired) electrons. The van der Waals surface area contributed by atoms with Crippen molar-refractivity contribution in [3.63, 3.8) is 0 Å². The van der Waals surface area contributed by atoms with Crippen molar-refractivity contribution in [2.24, 2.45) is 0 Å². The largest absolute Gasteiger partial charge is 0.365 e. The lowest BCUT2D eigenvalue weighted by Crippen LogP contribution is -2.06. The molecule has 96 valence electrons. The summed E-state index contributed by atoms with van der Waals surface area (Å²) in [4.78, 5) is 11.1. The van der Waals surface area contributed by atoms with Crippen molar-refractivity contribution in [1.29, 1.82) is 5.26 Å². The molecule has 7 nitrogen and oxygen atoms in total. The first-order valence-corrected chi connectivity index (χ1v) is 6.31. The van der Waals surface area contributed by atoms with Crippen LogP contribution in [0.25, 0.3) is 0 Å². The van der Waals surface area contributed by atoms with Gasteiger partial charge in [0.05, 0.1) is 6.07 Å². The first kappa shape index (κ1) is 14.2. The van der Waals surface area contributed by atoms with Crippen LogP contribution in [0.1, 0.15) is 17.7 Å². The lowest BCUT2D eigenvalue weighted by atomic mass is 10.2. The first-order chi connectivity index (χ1) is 8.18. The van der Waals surface area contributed by atoms with Gasteiger partial charge >= 0.3 is 12.2 Å². The van der Waals surface area contributed by atoms with Gasteiger partial charge in [-0.3, -0.25) is 0 Å². The normalized spacial score (nSPS) is 11.3. The third kappa shape index (κ3) is 2.69. The van der Waals surface area contributed by atoms with E-state index in [1.807, 2.05) is 0 Å². The first-order valence-electron chi connectivity index (χ1n) is 4.00. The minimum atomic E-state index is -4.59. The van der Waals surface area contributed by atoms with E-state index in [0.717, 1.165) is 0 Å². The van der Waals surface area contributed by atoms with Crippen molar-refractivity contribution >= 4 is 25.6 Å². The van der Waals surface area contributed by atoms with Gasteiger partial charge in [0.25, 0.3) is 9.05 Å². The Morgan fingerprint density at radius 2 is 2.11 bits per heavy atom. The highest BCUT2D eigenvalue weighted by atomic mass is 35.7. The number of halogens is 3. The zero-order valence-electron chi connectivity index (χ0n) is 8.17. The molecule has 1 rings (SSSR count). The Morgan fingerprint density at radius 1 is 1.56 bits per heavy atom. The van der Waals surface area contributed by atoms with E-state index in [-0.39, 0.29) is 0 Å². The molecule has 0 aromatic carbocycles. The Bertz CT molecular complexity index is 655. The molecule has 1 aromatic heterocycles. The zero-order valence-corrected chi connectivity index (χ0v) is 9.74. The zero-order chi connectivity index (χ0) is 14.1. The monoisotopic (exact) mass is 297 g/mol. The molecule has 0 saturated carbocycles. The molecule has 0 saturated heterocycles. The number of hydrogen-bond acceptors (Lipinski definition) is 6. The maximum absolute atomic E-state index is 12.6. The van der Waals surface area contributed by atoms with Gasteiger partial charge in [-0.25, -0.2) is 17.2 Å². The van der Waals surface area contributed by atoms with E-state index >= 15 is 0 Å². The van der Waals surface area contributed by atoms with Crippen molar-refractivity contribution in [2.45, 2.75) is 11.3 Å². The van der Waals surface area contributed by atoms with Gasteiger partial charge in [-0.15, -0.1) is 0 Å². The summed E-state index contributed by atoms with van der Waals surface area (Å²) in [6.45, 7) is 0. The van der Waals surface area contributed by atoms with Crippen molar-refractivity contribution in [1.82, 2.24) is 4.98 Å². The van der Waals surface area contributed by atoms with E-state index in [2.05, 4.69) is 4.98 Å². The summed E-state index contributed by atoms with van der Waals surface area (Å²) in [6, 6.07) is 1.54. The lowest BCUT2D eigenvalue weighted by Gasteiger charge is -2.03. The summed E-state index contributed by atoms with van der Waals surface area (Å²) in [6.07, 6.45) is -3.35. The molecule has 0 unspecified atom stereocenters. The van der Waals surface area contributed by atoms with Gasteiger partial charge < -0.3 is 10.1 Å². The van der Waals surface area contributed by atoms with Crippen LogP contribution in [0.15, 0.2) is 11.0 Å². The Balaban J connectivity index is 3.80. The van der Waals surface area contributed by atoms with Crippen molar-refractivity contribution in [3.8, 4) is 6.07 Å². The maximum Gasteiger partial charge on any atom is 0.365 e. The van der Waals surface area contributed by atoms with Crippen LogP contribution in [-0.4, -0.2) is 18.3 Å². The second-order valence-electron chi connectivity index (χ2n) is 2.85. The summed E-state index contributed by atoms with van der Waals surface area (Å²) < 4.78 is 47.3. The van der Waals surface area contributed by atoms with Crippen LogP contribution < -0.4 is 0 Å². The van der Waals surface area contributed by atoms with Gasteiger partial charge in [0.15, 0.2) is 0 Å². The highest BCUT2D eigenvalue weighted by Crippen LogP contribution is 2.30. The number of nitriles is 1. The Morgan fingerprint density at radius 3 is 2.44 bits per heavy atom. The maximum atomic E-state index is 12.6. The standard InChI is InChI=1S/C7H2ClF2N3O4S/c8-18(16,17)4-1-5(13(14)15)12-6(7(9)10)3(4)2-11/h1,7H. The van der Waals surface area contributed by atoms with Gasteiger partial charge in [0.2, 0.25) is 5.69 Å². The molecule has 18 heavy (non-hydrogen) atoms. The van der Waals surface area contributed by atoms with Crippen LogP contribution in [0.3, 0.4) is 0 Å². The quantitative estimate of drug-likeness (QED) is 0.477. The van der Waals surface area contributed by atoms with E-state index in [1.54, 1.807) is 0 Å². The predicted octanol–water partition coefficient (Wildman–Crippen LogP) is 1.73. The summed E-state index contributed by atoms with van der Waals surface area (Å²) >= 11 is 0. The van der Waals surface area contributed by atoms with Crippen molar-refractivity contribution in [3.05, 3.63) is 27.4 Å². The SMILES string of the molecule is N#Cc1c(S(=O)(=O)Cl)cc([N+](=O)[O-])nc1C(F)F. The fourth-order valence-corrected chi connectivity index (χ4v) is 2.09. The van der Waals surface area contributed by atoms with E-state index < -0.39 is 42.4 Å². The van der Waals surface area contributed by atoms with Crippen LogP contribution in [0, 0.1) is 21.4 Å². The molecule has 0 fully saturated rings. The molecule has 0 bridgehead atoms. The van der Waals surface area contributed by atoms with Crippen molar-refractivity contribution in [2.75, 3.05) is 0 Å². The van der Waals surface area contributed by atoms with E-state index in [1.165, 1.54) is 6.07 Å². The molecule has 0 amide bonds.